The van der Waals surface area contributed by atoms with Gasteiger partial charge in [0.25, 0.3) is 0 Å². The summed E-state index contributed by atoms with van der Waals surface area (Å²) in [6.45, 7) is 6.56. The van der Waals surface area contributed by atoms with E-state index < -0.39 is 15.6 Å². The molecule has 1 unspecified atom stereocenters. The van der Waals surface area contributed by atoms with Gasteiger partial charge in [-0.05, 0) is 44.0 Å². The standard InChI is InChI=1S/C15H24N2O3S/c1-3-16-11-13-6-4-7-14(10-13)21(18,19)17-15(2)8-5-9-20-12-15/h4,6-7,10,16-17H,3,5,8-9,11-12H2,1-2H3. The number of nitrogens with one attached hydrogen (secondary N) is 2. The Hall–Kier alpha value is -0.950. The van der Waals surface area contributed by atoms with Gasteiger partial charge < -0.3 is 10.1 Å². The lowest BCUT2D eigenvalue weighted by Crippen LogP contribution is -2.51. The Bertz CT molecular complexity index is 566. The first-order valence-electron chi connectivity index (χ1n) is 7.37. The van der Waals surface area contributed by atoms with Crippen LogP contribution in [0.25, 0.3) is 0 Å². The summed E-state index contributed by atoms with van der Waals surface area (Å²) in [5.74, 6) is 0. The van der Waals surface area contributed by atoms with Crippen molar-refractivity contribution >= 4 is 10.0 Å². The zero-order valence-electron chi connectivity index (χ0n) is 12.7. The molecule has 0 amide bonds. The molecule has 21 heavy (non-hydrogen) atoms. The van der Waals surface area contributed by atoms with E-state index in [0.29, 0.717) is 24.7 Å². The normalized spacial score (nSPS) is 23.1. The van der Waals surface area contributed by atoms with Gasteiger partial charge in [0.1, 0.15) is 0 Å². The molecule has 0 spiro atoms. The number of ether oxygens (including phenoxy) is 1. The molecule has 0 aromatic heterocycles. The van der Waals surface area contributed by atoms with Gasteiger partial charge in [0.2, 0.25) is 10.0 Å². The number of benzene rings is 1. The summed E-state index contributed by atoms with van der Waals surface area (Å²) >= 11 is 0. The molecule has 1 fully saturated rings. The van der Waals surface area contributed by atoms with Crippen LogP contribution in [0, 0.1) is 0 Å². The Balaban J connectivity index is 2.15. The first-order chi connectivity index (χ1) is 9.95. The van der Waals surface area contributed by atoms with Crippen molar-refractivity contribution in [3.8, 4) is 0 Å². The van der Waals surface area contributed by atoms with Crippen LogP contribution >= 0.6 is 0 Å². The summed E-state index contributed by atoms with van der Waals surface area (Å²) in [6, 6.07) is 7.05. The fourth-order valence-electron chi connectivity index (χ4n) is 2.49. The molecule has 1 atom stereocenters. The van der Waals surface area contributed by atoms with E-state index in [-0.39, 0.29) is 0 Å². The number of rotatable bonds is 6. The maximum atomic E-state index is 12.5. The Morgan fingerprint density at radius 1 is 1.38 bits per heavy atom. The summed E-state index contributed by atoms with van der Waals surface area (Å²) in [5, 5.41) is 3.20. The van der Waals surface area contributed by atoms with Gasteiger partial charge in [-0.1, -0.05) is 19.1 Å². The van der Waals surface area contributed by atoms with Gasteiger partial charge in [-0.2, -0.15) is 0 Å². The molecule has 0 saturated carbocycles. The van der Waals surface area contributed by atoms with Crippen LogP contribution < -0.4 is 10.0 Å². The first kappa shape index (κ1) is 16.4. The number of hydrogen-bond acceptors (Lipinski definition) is 4. The van der Waals surface area contributed by atoms with Crippen LogP contribution in [0.1, 0.15) is 32.3 Å². The van der Waals surface area contributed by atoms with Crippen LogP contribution in [0.5, 0.6) is 0 Å². The molecule has 1 saturated heterocycles. The van der Waals surface area contributed by atoms with Gasteiger partial charge in [-0.3, -0.25) is 0 Å². The molecule has 6 heteroatoms. The topological polar surface area (TPSA) is 67.4 Å². The fourth-order valence-corrected chi connectivity index (χ4v) is 3.98. The lowest BCUT2D eigenvalue weighted by atomic mass is 9.97. The van der Waals surface area contributed by atoms with Gasteiger partial charge >= 0.3 is 0 Å². The Morgan fingerprint density at radius 3 is 2.86 bits per heavy atom. The zero-order chi connectivity index (χ0) is 15.3. The van der Waals surface area contributed by atoms with E-state index >= 15 is 0 Å². The van der Waals surface area contributed by atoms with Gasteiger partial charge in [0, 0.05) is 13.2 Å². The van der Waals surface area contributed by atoms with Crippen molar-refractivity contribution in [2.75, 3.05) is 19.8 Å². The summed E-state index contributed by atoms with van der Waals surface area (Å²) in [5.41, 5.74) is 0.444. The molecular formula is C15H24N2O3S. The second-order valence-corrected chi connectivity index (χ2v) is 7.43. The molecule has 1 aromatic rings. The fraction of sp³-hybridized carbons (Fsp3) is 0.600. The van der Waals surface area contributed by atoms with E-state index in [9.17, 15) is 8.42 Å². The molecule has 2 N–H and O–H groups in total. The smallest absolute Gasteiger partial charge is 0.241 e. The maximum absolute atomic E-state index is 12.5. The van der Waals surface area contributed by atoms with Crippen molar-refractivity contribution in [2.24, 2.45) is 0 Å². The predicted molar refractivity (Wildman–Crippen MR) is 82.6 cm³/mol. The third-order valence-electron chi connectivity index (χ3n) is 3.61. The van der Waals surface area contributed by atoms with Crippen LogP contribution in [-0.2, 0) is 21.3 Å². The van der Waals surface area contributed by atoms with Crippen LogP contribution in [0.2, 0.25) is 0 Å². The zero-order valence-corrected chi connectivity index (χ0v) is 13.5. The molecule has 0 radical (unpaired) electrons. The molecule has 2 rings (SSSR count). The van der Waals surface area contributed by atoms with Crippen molar-refractivity contribution < 1.29 is 13.2 Å². The largest absolute Gasteiger partial charge is 0.380 e. The second kappa shape index (κ2) is 6.87. The minimum atomic E-state index is -3.52. The highest BCUT2D eigenvalue weighted by atomic mass is 32.2. The molecule has 5 nitrogen and oxygen atoms in total. The van der Waals surface area contributed by atoms with Crippen molar-refractivity contribution in [1.82, 2.24) is 10.0 Å². The second-order valence-electron chi connectivity index (χ2n) is 5.75. The predicted octanol–water partition coefficient (Wildman–Crippen LogP) is 1.64. The van der Waals surface area contributed by atoms with Crippen LogP contribution in [0.15, 0.2) is 29.2 Å². The molecule has 1 heterocycles. The molecule has 1 aliphatic heterocycles. The third kappa shape index (κ3) is 4.51. The van der Waals surface area contributed by atoms with Crippen molar-refractivity contribution in [2.45, 2.75) is 43.7 Å². The molecule has 1 aliphatic rings. The van der Waals surface area contributed by atoms with E-state index in [1.54, 1.807) is 18.2 Å². The van der Waals surface area contributed by atoms with E-state index in [1.165, 1.54) is 0 Å². The highest BCUT2D eigenvalue weighted by molar-refractivity contribution is 7.89. The SMILES string of the molecule is CCNCc1cccc(S(=O)(=O)NC2(C)CCCOC2)c1. The van der Waals surface area contributed by atoms with Crippen molar-refractivity contribution in [1.29, 1.82) is 0 Å². The molecule has 1 aromatic carbocycles. The van der Waals surface area contributed by atoms with E-state index in [2.05, 4.69) is 10.0 Å². The number of hydrogen-bond donors (Lipinski definition) is 2. The number of sulfonamides is 1. The molecule has 118 valence electrons. The van der Waals surface area contributed by atoms with Gasteiger partial charge in [-0.25, -0.2) is 13.1 Å². The monoisotopic (exact) mass is 312 g/mol. The lowest BCUT2D eigenvalue weighted by molar-refractivity contribution is 0.0386. The van der Waals surface area contributed by atoms with Gasteiger partial charge in [0.15, 0.2) is 0 Å². The molecular weight excluding hydrogens is 288 g/mol. The van der Waals surface area contributed by atoms with Gasteiger partial charge in [0.05, 0.1) is 17.0 Å². The highest BCUT2D eigenvalue weighted by Crippen LogP contribution is 2.22. The quantitative estimate of drug-likeness (QED) is 0.838. The van der Waals surface area contributed by atoms with Crippen LogP contribution in [0.4, 0.5) is 0 Å². The minimum Gasteiger partial charge on any atom is -0.380 e. The third-order valence-corrected chi connectivity index (χ3v) is 5.24. The lowest BCUT2D eigenvalue weighted by Gasteiger charge is -2.33. The van der Waals surface area contributed by atoms with E-state index in [0.717, 1.165) is 24.9 Å². The Kier molecular flexibility index (Phi) is 5.37. The minimum absolute atomic E-state index is 0.310. The molecule has 0 aliphatic carbocycles. The van der Waals surface area contributed by atoms with Crippen LogP contribution in [0.3, 0.4) is 0 Å². The molecule has 0 bridgehead atoms. The van der Waals surface area contributed by atoms with Gasteiger partial charge in [-0.15, -0.1) is 0 Å². The van der Waals surface area contributed by atoms with Crippen molar-refractivity contribution in [3.63, 3.8) is 0 Å². The highest BCUT2D eigenvalue weighted by Gasteiger charge is 2.32. The first-order valence-corrected chi connectivity index (χ1v) is 8.85. The summed E-state index contributed by atoms with van der Waals surface area (Å²) in [7, 11) is -3.52. The average Bonchev–Trinajstić information content (AvgIpc) is 2.45. The summed E-state index contributed by atoms with van der Waals surface area (Å²) in [6.07, 6.45) is 1.67. The maximum Gasteiger partial charge on any atom is 0.241 e. The van der Waals surface area contributed by atoms with Crippen LogP contribution in [-0.4, -0.2) is 33.7 Å². The van der Waals surface area contributed by atoms with Crippen molar-refractivity contribution in [3.05, 3.63) is 29.8 Å². The Labute approximate surface area is 127 Å². The van der Waals surface area contributed by atoms with E-state index in [1.807, 2.05) is 19.9 Å². The Morgan fingerprint density at radius 2 is 2.19 bits per heavy atom. The van der Waals surface area contributed by atoms with E-state index in [4.69, 9.17) is 4.74 Å². The summed E-state index contributed by atoms with van der Waals surface area (Å²) in [4.78, 5) is 0.310. The average molecular weight is 312 g/mol. The summed E-state index contributed by atoms with van der Waals surface area (Å²) < 4.78 is 33.3.